The summed E-state index contributed by atoms with van der Waals surface area (Å²) in [7, 11) is 0. The van der Waals surface area contributed by atoms with Crippen molar-refractivity contribution in [3.63, 3.8) is 0 Å². The summed E-state index contributed by atoms with van der Waals surface area (Å²) < 4.78 is 1.30. The number of carbonyl (C=O) groups excluding carboxylic acids is 1. The summed E-state index contributed by atoms with van der Waals surface area (Å²) in [6.07, 6.45) is 11.0. The number of rotatable bonds is 9. The molecular formula is C25H37N3OS. The van der Waals surface area contributed by atoms with Crippen LogP contribution in [-0.4, -0.2) is 36.6 Å². The molecule has 3 rings (SSSR count). The number of likely N-dealkylation sites (tertiary alicyclic amines) is 1. The van der Waals surface area contributed by atoms with Crippen LogP contribution in [0.1, 0.15) is 70.8 Å². The first-order valence-corrected chi connectivity index (χ1v) is 12.4. The number of nitrogens with zero attached hydrogens (tertiary/aromatic N) is 2. The Morgan fingerprint density at radius 2 is 1.97 bits per heavy atom. The molecule has 0 saturated carbocycles. The number of urea groups is 1. The molecule has 2 N–H and O–H groups in total. The van der Waals surface area contributed by atoms with Crippen LogP contribution in [0.2, 0.25) is 0 Å². The maximum atomic E-state index is 12.1. The van der Waals surface area contributed by atoms with E-state index in [1.54, 1.807) is 4.90 Å². The Kier molecular flexibility index (Phi) is 8.34. The van der Waals surface area contributed by atoms with Gasteiger partial charge in [0.2, 0.25) is 0 Å². The first-order valence-electron chi connectivity index (χ1n) is 11.6. The van der Waals surface area contributed by atoms with Gasteiger partial charge >= 0.3 is 6.03 Å². The van der Waals surface area contributed by atoms with E-state index < -0.39 is 0 Å². The molecule has 1 fully saturated rings. The zero-order valence-corrected chi connectivity index (χ0v) is 19.6. The number of primary amides is 1. The second-order valence-electron chi connectivity index (χ2n) is 8.31. The lowest BCUT2D eigenvalue weighted by Gasteiger charge is -2.37. The lowest BCUT2D eigenvalue weighted by atomic mass is 9.88. The molecule has 2 heterocycles. The van der Waals surface area contributed by atoms with E-state index in [0.29, 0.717) is 12.5 Å². The van der Waals surface area contributed by atoms with E-state index in [2.05, 4.69) is 55.3 Å². The number of amides is 2. The minimum Gasteiger partial charge on any atom is -0.351 e. The molecule has 0 unspecified atom stereocenters. The molecule has 0 radical (unpaired) electrons. The molecule has 2 amide bonds. The molecule has 1 aliphatic heterocycles. The summed E-state index contributed by atoms with van der Waals surface area (Å²) in [5.41, 5.74) is 8.08. The van der Waals surface area contributed by atoms with Gasteiger partial charge in [-0.15, -0.1) is 11.3 Å². The van der Waals surface area contributed by atoms with Crippen molar-refractivity contribution in [3.8, 4) is 0 Å². The monoisotopic (exact) mass is 427 g/mol. The van der Waals surface area contributed by atoms with Gasteiger partial charge in [-0.25, -0.2) is 4.79 Å². The Morgan fingerprint density at radius 3 is 2.60 bits per heavy atom. The minimum absolute atomic E-state index is 0.380. The smallest absolute Gasteiger partial charge is 0.319 e. The molecule has 0 spiro atoms. The molecule has 1 saturated heterocycles. The van der Waals surface area contributed by atoms with E-state index in [4.69, 9.17) is 5.73 Å². The highest BCUT2D eigenvalue weighted by atomic mass is 32.1. The summed E-state index contributed by atoms with van der Waals surface area (Å²) in [6, 6.07) is 6.71. The molecule has 1 aromatic carbocycles. The van der Waals surface area contributed by atoms with Gasteiger partial charge in [0.15, 0.2) is 0 Å². The molecular weight excluding hydrogens is 390 g/mol. The molecule has 4 nitrogen and oxygen atoms in total. The van der Waals surface area contributed by atoms with E-state index in [9.17, 15) is 4.79 Å². The van der Waals surface area contributed by atoms with Gasteiger partial charge < -0.3 is 10.6 Å². The number of piperidine rings is 1. The fraction of sp³-hybridized carbons (Fsp3) is 0.560. The molecule has 1 aliphatic rings. The van der Waals surface area contributed by atoms with Crippen LogP contribution in [0.5, 0.6) is 0 Å². The zero-order valence-electron chi connectivity index (χ0n) is 18.8. The van der Waals surface area contributed by atoms with Crippen LogP contribution in [0.3, 0.4) is 0 Å². The van der Waals surface area contributed by atoms with Crippen molar-refractivity contribution in [1.29, 1.82) is 0 Å². The normalized spacial score (nSPS) is 16.1. The number of fused-ring (bicyclic) bond motifs is 1. The molecule has 1 aromatic heterocycles. The molecule has 164 valence electrons. The SMILES string of the molecule is CCC=CCCN(C(N)=O)c1ccc2scc(C3CCN(C(CC)CC)CC3)c2c1. The fourth-order valence-electron chi connectivity index (χ4n) is 4.76. The minimum atomic E-state index is -0.380. The molecule has 0 atom stereocenters. The van der Waals surface area contributed by atoms with E-state index >= 15 is 0 Å². The topological polar surface area (TPSA) is 49.6 Å². The first-order chi connectivity index (χ1) is 14.6. The number of benzene rings is 1. The van der Waals surface area contributed by atoms with Gasteiger partial charge in [0, 0.05) is 23.0 Å². The van der Waals surface area contributed by atoms with Crippen molar-refractivity contribution in [1.82, 2.24) is 4.90 Å². The summed E-state index contributed by atoms with van der Waals surface area (Å²) >= 11 is 1.82. The van der Waals surface area contributed by atoms with Crippen LogP contribution in [0, 0.1) is 0 Å². The summed E-state index contributed by atoms with van der Waals surface area (Å²) in [4.78, 5) is 16.5. The average Bonchev–Trinajstić information content (AvgIpc) is 3.18. The van der Waals surface area contributed by atoms with E-state index in [0.717, 1.165) is 24.6 Å². The largest absolute Gasteiger partial charge is 0.351 e. The van der Waals surface area contributed by atoms with Crippen molar-refractivity contribution >= 4 is 33.1 Å². The summed E-state index contributed by atoms with van der Waals surface area (Å²) in [6.45, 7) is 9.71. The van der Waals surface area contributed by atoms with Crippen LogP contribution in [-0.2, 0) is 0 Å². The number of thiophene rings is 1. The van der Waals surface area contributed by atoms with Crippen molar-refractivity contribution < 1.29 is 4.79 Å². The van der Waals surface area contributed by atoms with Crippen LogP contribution in [0.25, 0.3) is 10.1 Å². The highest BCUT2D eigenvalue weighted by Gasteiger charge is 2.26. The zero-order chi connectivity index (χ0) is 21.5. The predicted molar refractivity (Wildman–Crippen MR) is 131 cm³/mol. The third-order valence-corrected chi connectivity index (χ3v) is 7.50. The first kappa shape index (κ1) is 22.8. The lowest BCUT2D eigenvalue weighted by molar-refractivity contribution is 0.144. The number of hydrogen-bond donors (Lipinski definition) is 1. The van der Waals surface area contributed by atoms with Crippen LogP contribution in [0.4, 0.5) is 10.5 Å². The number of hydrogen-bond acceptors (Lipinski definition) is 3. The number of carbonyl (C=O) groups is 1. The quantitative estimate of drug-likeness (QED) is 0.464. The highest BCUT2D eigenvalue weighted by Crippen LogP contribution is 2.39. The second kappa shape index (κ2) is 11.0. The van der Waals surface area contributed by atoms with Crippen molar-refractivity contribution in [3.05, 3.63) is 41.3 Å². The van der Waals surface area contributed by atoms with E-state index in [1.807, 2.05) is 17.4 Å². The van der Waals surface area contributed by atoms with Crippen molar-refractivity contribution in [2.45, 2.75) is 71.3 Å². The number of anilines is 1. The van der Waals surface area contributed by atoms with Gasteiger partial charge in [0.1, 0.15) is 0 Å². The van der Waals surface area contributed by atoms with Crippen LogP contribution >= 0.6 is 11.3 Å². The Balaban J connectivity index is 1.78. The third-order valence-electron chi connectivity index (χ3n) is 6.51. The molecule has 5 heteroatoms. The third kappa shape index (κ3) is 5.25. The Morgan fingerprint density at radius 1 is 1.23 bits per heavy atom. The van der Waals surface area contributed by atoms with Gasteiger partial charge in [-0.3, -0.25) is 4.90 Å². The summed E-state index contributed by atoms with van der Waals surface area (Å²) in [5.74, 6) is 0.606. The number of nitrogens with two attached hydrogens (primary N) is 1. The molecule has 2 aromatic rings. The van der Waals surface area contributed by atoms with Crippen molar-refractivity contribution in [2.24, 2.45) is 5.73 Å². The van der Waals surface area contributed by atoms with Crippen molar-refractivity contribution in [2.75, 3.05) is 24.5 Å². The van der Waals surface area contributed by atoms with Gasteiger partial charge in [-0.2, -0.15) is 0 Å². The molecule has 30 heavy (non-hydrogen) atoms. The maximum Gasteiger partial charge on any atom is 0.319 e. The van der Waals surface area contributed by atoms with Gasteiger partial charge in [-0.1, -0.05) is 32.9 Å². The van der Waals surface area contributed by atoms with E-state index in [-0.39, 0.29) is 6.03 Å². The van der Waals surface area contributed by atoms with Gasteiger partial charge in [-0.05, 0) is 92.1 Å². The Hall–Kier alpha value is -1.85. The summed E-state index contributed by atoms with van der Waals surface area (Å²) in [5, 5.41) is 3.64. The molecule has 0 aliphatic carbocycles. The number of allylic oxidation sites excluding steroid dienone is 1. The fourth-order valence-corrected chi connectivity index (χ4v) is 5.78. The van der Waals surface area contributed by atoms with Gasteiger partial charge in [0.05, 0.1) is 0 Å². The predicted octanol–water partition coefficient (Wildman–Crippen LogP) is 6.51. The molecule has 0 bridgehead atoms. The maximum absolute atomic E-state index is 12.1. The van der Waals surface area contributed by atoms with Gasteiger partial charge in [0.25, 0.3) is 0 Å². The second-order valence-corrected chi connectivity index (χ2v) is 9.22. The average molecular weight is 428 g/mol. The Labute approximate surface area is 185 Å². The standard InChI is InChI=1S/C25H37N3OS/c1-4-7-8-9-14-28(25(26)29)21-10-11-24-22(17-21)23(18-30-24)19-12-15-27(16-13-19)20(5-2)6-3/h7-8,10-11,17-20H,4-6,9,12-16H2,1-3H3,(H2,26,29). The highest BCUT2D eigenvalue weighted by molar-refractivity contribution is 7.17. The van der Waals surface area contributed by atoms with Crippen LogP contribution < -0.4 is 10.6 Å². The van der Waals surface area contributed by atoms with E-state index in [1.165, 1.54) is 54.4 Å². The Bertz CT molecular complexity index is 847. The lowest BCUT2D eigenvalue weighted by Crippen LogP contribution is -2.40. The van der Waals surface area contributed by atoms with Crippen LogP contribution in [0.15, 0.2) is 35.7 Å².